The molecule has 8 nitrogen and oxygen atoms in total. The van der Waals surface area contributed by atoms with Crippen LogP contribution in [0, 0.1) is 17.0 Å². The van der Waals surface area contributed by atoms with E-state index in [-0.39, 0.29) is 33.6 Å². The molecule has 0 unspecified atom stereocenters. The molecule has 0 atom stereocenters. The lowest BCUT2D eigenvalue weighted by molar-refractivity contribution is -0.385. The molecule has 32 heavy (non-hydrogen) atoms. The highest BCUT2D eigenvalue weighted by Crippen LogP contribution is 2.30. The highest BCUT2D eigenvalue weighted by Gasteiger charge is 2.20. The van der Waals surface area contributed by atoms with Crippen LogP contribution in [0.15, 0.2) is 76.1 Å². The predicted molar refractivity (Wildman–Crippen MR) is 117 cm³/mol. The fourth-order valence-corrected chi connectivity index (χ4v) is 3.43. The van der Waals surface area contributed by atoms with Crippen LogP contribution in [0.2, 0.25) is 0 Å². The topological polar surface area (TPSA) is 109 Å². The predicted octanol–water partition coefficient (Wildman–Crippen LogP) is 4.90. The van der Waals surface area contributed by atoms with E-state index in [2.05, 4.69) is 0 Å². The van der Waals surface area contributed by atoms with Crippen LogP contribution in [0.25, 0.3) is 22.1 Å². The number of nitro groups is 1. The molecule has 4 rings (SSSR count). The zero-order valence-corrected chi connectivity index (χ0v) is 17.2. The molecule has 0 saturated carbocycles. The number of nitrogens with zero attached hydrogens (tertiary/aromatic N) is 1. The Kier molecular flexibility index (Phi) is 5.43. The Morgan fingerprint density at radius 2 is 1.81 bits per heavy atom. The van der Waals surface area contributed by atoms with Gasteiger partial charge in [0.05, 0.1) is 28.5 Å². The van der Waals surface area contributed by atoms with Gasteiger partial charge in [0.2, 0.25) is 5.43 Å². The number of nitro benzene ring substituents is 1. The minimum atomic E-state index is -0.751. The van der Waals surface area contributed by atoms with Crippen LogP contribution in [-0.2, 0) is 0 Å². The van der Waals surface area contributed by atoms with Gasteiger partial charge in [0.25, 0.3) is 5.69 Å². The second kappa shape index (κ2) is 8.35. The largest absolute Gasteiger partial charge is 0.496 e. The summed E-state index contributed by atoms with van der Waals surface area (Å²) in [5.74, 6) is -0.0721. The van der Waals surface area contributed by atoms with Crippen molar-refractivity contribution in [1.29, 1.82) is 0 Å². The Labute approximate surface area is 181 Å². The van der Waals surface area contributed by atoms with Crippen molar-refractivity contribution in [2.24, 2.45) is 0 Å². The molecule has 1 aromatic heterocycles. The number of ether oxygens (including phenoxy) is 2. The van der Waals surface area contributed by atoms with E-state index in [1.54, 1.807) is 24.3 Å². The summed E-state index contributed by atoms with van der Waals surface area (Å²) in [4.78, 5) is 36.1. The third-order valence-corrected chi connectivity index (χ3v) is 5.08. The van der Waals surface area contributed by atoms with E-state index in [1.807, 2.05) is 0 Å². The smallest absolute Gasteiger partial charge is 0.344 e. The first-order valence-electron chi connectivity index (χ1n) is 9.56. The molecule has 0 N–H and O–H groups in total. The van der Waals surface area contributed by atoms with Crippen molar-refractivity contribution in [2.45, 2.75) is 6.92 Å². The molecular formula is C24H17NO7. The Balaban J connectivity index is 1.68. The number of esters is 1. The van der Waals surface area contributed by atoms with Gasteiger partial charge in [-0.25, -0.2) is 4.79 Å². The van der Waals surface area contributed by atoms with Gasteiger partial charge in [0.1, 0.15) is 23.3 Å². The van der Waals surface area contributed by atoms with E-state index in [0.29, 0.717) is 22.3 Å². The Morgan fingerprint density at radius 3 is 2.56 bits per heavy atom. The van der Waals surface area contributed by atoms with Crippen molar-refractivity contribution in [3.63, 3.8) is 0 Å². The van der Waals surface area contributed by atoms with Gasteiger partial charge in [-0.1, -0.05) is 24.3 Å². The van der Waals surface area contributed by atoms with Crippen LogP contribution >= 0.6 is 0 Å². The van der Waals surface area contributed by atoms with Crippen LogP contribution < -0.4 is 14.9 Å². The number of rotatable bonds is 5. The first-order valence-corrected chi connectivity index (χ1v) is 9.56. The molecule has 4 aromatic rings. The van der Waals surface area contributed by atoms with E-state index in [9.17, 15) is 19.7 Å². The van der Waals surface area contributed by atoms with Crippen LogP contribution in [0.4, 0.5) is 5.69 Å². The molecule has 1 heterocycles. The zero-order valence-electron chi connectivity index (χ0n) is 17.2. The third kappa shape index (κ3) is 3.69. The lowest BCUT2D eigenvalue weighted by atomic mass is 10.0. The summed E-state index contributed by atoms with van der Waals surface area (Å²) in [6.07, 6.45) is 1.33. The molecule has 0 bridgehead atoms. The maximum absolute atomic E-state index is 13.0. The quantitative estimate of drug-likeness (QED) is 0.191. The number of carbonyl (C=O) groups is 1. The molecule has 3 aromatic carbocycles. The lowest BCUT2D eigenvalue weighted by Gasteiger charge is -2.09. The fraction of sp³-hybridized carbons (Fsp3) is 0.0833. The van der Waals surface area contributed by atoms with Gasteiger partial charge in [-0.2, -0.15) is 0 Å². The molecule has 0 aliphatic carbocycles. The van der Waals surface area contributed by atoms with Crippen molar-refractivity contribution in [2.75, 3.05) is 7.11 Å². The van der Waals surface area contributed by atoms with Crippen molar-refractivity contribution in [3.8, 4) is 22.6 Å². The minimum Gasteiger partial charge on any atom is -0.496 e. The Bertz CT molecular complexity index is 1420. The van der Waals surface area contributed by atoms with E-state index in [1.165, 1.54) is 56.7 Å². The van der Waals surface area contributed by atoms with Crippen molar-refractivity contribution in [3.05, 3.63) is 98.4 Å². The van der Waals surface area contributed by atoms with Crippen molar-refractivity contribution >= 4 is 22.6 Å². The highest BCUT2D eigenvalue weighted by molar-refractivity contribution is 5.94. The van der Waals surface area contributed by atoms with E-state index < -0.39 is 10.9 Å². The van der Waals surface area contributed by atoms with E-state index in [4.69, 9.17) is 13.9 Å². The van der Waals surface area contributed by atoms with Crippen molar-refractivity contribution in [1.82, 2.24) is 0 Å². The van der Waals surface area contributed by atoms with Crippen LogP contribution in [0.1, 0.15) is 15.9 Å². The van der Waals surface area contributed by atoms with E-state index >= 15 is 0 Å². The average molecular weight is 431 g/mol. The Hall–Kier alpha value is -4.46. The fourth-order valence-electron chi connectivity index (χ4n) is 3.43. The number of fused-ring (bicyclic) bond motifs is 1. The molecule has 8 heteroatoms. The van der Waals surface area contributed by atoms with Gasteiger partial charge < -0.3 is 13.9 Å². The molecular weight excluding hydrogens is 414 g/mol. The third-order valence-electron chi connectivity index (χ3n) is 5.08. The van der Waals surface area contributed by atoms with Crippen molar-refractivity contribution < 1.29 is 23.6 Å². The second-order valence-electron chi connectivity index (χ2n) is 6.93. The molecule has 0 saturated heterocycles. The molecule has 0 radical (unpaired) electrons. The summed E-state index contributed by atoms with van der Waals surface area (Å²) in [6, 6.07) is 15.7. The number of para-hydroxylation sites is 1. The molecule has 0 spiro atoms. The summed E-state index contributed by atoms with van der Waals surface area (Å²) in [6.45, 7) is 1.48. The maximum Gasteiger partial charge on any atom is 0.344 e. The Morgan fingerprint density at radius 1 is 1.03 bits per heavy atom. The standard InChI is InChI=1S/C24H17NO7/c1-14-16(7-5-8-20(14)25(28)29)24(27)32-15-10-11-18-22(12-15)31-13-19(23(18)26)17-6-3-4-9-21(17)30-2/h3-13H,1-2H3. The lowest BCUT2D eigenvalue weighted by Crippen LogP contribution is -2.11. The summed E-state index contributed by atoms with van der Waals surface area (Å²) in [7, 11) is 1.52. The number of methoxy groups -OCH3 is 1. The first-order chi connectivity index (χ1) is 15.4. The van der Waals surface area contributed by atoms with Gasteiger partial charge in [-0.3, -0.25) is 14.9 Å². The number of hydrogen-bond acceptors (Lipinski definition) is 7. The van der Waals surface area contributed by atoms with Gasteiger partial charge in [0, 0.05) is 23.3 Å². The summed E-state index contributed by atoms with van der Waals surface area (Å²) >= 11 is 0. The summed E-state index contributed by atoms with van der Waals surface area (Å²) in [5.41, 5.74) is 1.02. The molecule has 160 valence electrons. The number of carbonyl (C=O) groups excluding carboxylic acids is 1. The van der Waals surface area contributed by atoms with E-state index in [0.717, 1.165) is 0 Å². The number of hydrogen-bond donors (Lipinski definition) is 0. The summed E-state index contributed by atoms with van der Waals surface area (Å²) < 4.78 is 16.3. The normalized spacial score (nSPS) is 10.7. The molecule has 0 aliphatic heterocycles. The SMILES string of the molecule is COc1ccccc1-c1coc2cc(OC(=O)c3cccc([N+](=O)[O-])c3C)ccc2c1=O. The monoisotopic (exact) mass is 431 g/mol. The van der Waals surface area contributed by atoms with Gasteiger partial charge in [0.15, 0.2) is 0 Å². The van der Waals surface area contributed by atoms with Gasteiger partial charge in [-0.15, -0.1) is 0 Å². The van der Waals surface area contributed by atoms with Crippen LogP contribution in [-0.4, -0.2) is 18.0 Å². The first kappa shape index (κ1) is 20.8. The molecule has 0 aliphatic rings. The highest BCUT2D eigenvalue weighted by atomic mass is 16.6. The maximum atomic E-state index is 13.0. The minimum absolute atomic E-state index is 0.0762. The second-order valence-corrected chi connectivity index (χ2v) is 6.93. The van der Waals surface area contributed by atoms with Crippen LogP contribution in [0.3, 0.4) is 0 Å². The number of benzene rings is 3. The average Bonchev–Trinajstić information content (AvgIpc) is 2.79. The van der Waals surface area contributed by atoms with Gasteiger partial charge >= 0.3 is 5.97 Å². The molecule has 0 amide bonds. The molecule has 0 fully saturated rings. The van der Waals surface area contributed by atoms with Crippen LogP contribution in [0.5, 0.6) is 11.5 Å². The zero-order chi connectivity index (χ0) is 22.8. The van der Waals surface area contributed by atoms with Gasteiger partial charge in [-0.05, 0) is 31.2 Å². The summed E-state index contributed by atoms with van der Waals surface area (Å²) in [5, 5.41) is 11.4.